The lowest BCUT2D eigenvalue weighted by atomic mass is 9.95. The highest BCUT2D eigenvalue weighted by atomic mass is 32.2. The molecule has 0 spiro atoms. The summed E-state index contributed by atoms with van der Waals surface area (Å²) in [5.74, 6) is -1.09. The van der Waals surface area contributed by atoms with Crippen molar-refractivity contribution in [1.82, 2.24) is 0 Å². The molecule has 0 saturated carbocycles. The van der Waals surface area contributed by atoms with Crippen molar-refractivity contribution in [1.29, 1.82) is 0 Å². The summed E-state index contributed by atoms with van der Waals surface area (Å²) in [6.07, 6.45) is -15.7. The Morgan fingerprint density at radius 3 is 2.06 bits per heavy atom. The molecule has 3 nitrogen and oxygen atoms in total. The van der Waals surface area contributed by atoms with Crippen molar-refractivity contribution in [2.75, 3.05) is 0 Å². The highest BCUT2D eigenvalue weighted by Gasteiger charge is 2.70. The first-order valence-corrected chi connectivity index (χ1v) is 11.7. The number of alkyl halides is 6. The van der Waals surface area contributed by atoms with Crippen LogP contribution in [0.15, 0.2) is 72.8 Å². The van der Waals surface area contributed by atoms with Gasteiger partial charge in [0.25, 0.3) is 5.60 Å². The number of benzene rings is 3. The van der Waals surface area contributed by atoms with Gasteiger partial charge >= 0.3 is 18.3 Å². The van der Waals surface area contributed by atoms with Crippen molar-refractivity contribution >= 4 is 36.6 Å². The molecule has 4 aromatic rings. The molecule has 1 heterocycles. The Balaban J connectivity index is 1.67. The maximum atomic E-state index is 13.0. The molecule has 0 radical (unpaired) electrons. The van der Waals surface area contributed by atoms with E-state index in [1.165, 1.54) is 12.1 Å². The largest absolute Gasteiger partial charge is 0.459 e. The molecule has 2 unspecified atom stereocenters. The number of rotatable bonds is 5. The maximum Gasteiger partial charge on any atom is 0.426 e. The van der Waals surface area contributed by atoms with E-state index in [0.717, 1.165) is 32.0 Å². The van der Waals surface area contributed by atoms with E-state index in [-0.39, 0.29) is 5.56 Å². The lowest BCUT2D eigenvalue weighted by Crippen LogP contribution is -2.58. The monoisotopic (exact) mass is 513 g/mol. The quantitative estimate of drug-likeness (QED) is 0.171. The average molecular weight is 513 g/mol. The van der Waals surface area contributed by atoms with E-state index in [1.807, 2.05) is 54.6 Å². The van der Waals surface area contributed by atoms with Crippen LogP contribution >= 0.6 is 10.5 Å². The number of hydrogen-bond donors (Lipinski definition) is 1. The fourth-order valence-corrected chi connectivity index (χ4v) is 6.32. The van der Waals surface area contributed by atoms with Crippen LogP contribution in [-0.2, 0) is 4.74 Å². The smallest absolute Gasteiger partial charge is 0.426 e. The molecule has 0 aliphatic heterocycles. The molecule has 0 fully saturated rings. The van der Waals surface area contributed by atoms with Crippen molar-refractivity contribution in [2.45, 2.75) is 37.4 Å². The minimum Gasteiger partial charge on any atom is -0.459 e. The minimum atomic E-state index is -5.99. The number of esters is 1. The molecule has 1 aromatic heterocycles. The molecule has 35 heavy (non-hydrogen) atoms. The first kappa shape index (κ1) is 25.0. The average Bonchev–Trinajstić information content (AvgIpc) is 3.11. The summed E-state index contributed by atoms with van der Waals surface area (Å²) in [6, 6.07) is 22.0. The van der Waals surface area contributed by atoms with Gasteiger partial charge in [0.1, 0.15) is 6.10 Å². The molecule has 184 valence electrons. The van der Waals surface area contributed by atoms with Crippen molar-refractivity contribution in [3.8, 4) is 4.90 Å². The number of fused-ring (bicyclic) bond motifs is 3. The number of aliphatic hydroxyl groups is 1. The zero-order valence-corrected chi connectivity index (χ0v) is 19.0. The Kier molecular flexibility index (Phi) is 6.31. The molecular formula is C25H19F6O3S+. The molecule has 0 amide bonds. The number of hydrogen-bond acceptors (Lipinski definition) is 3. The maximum absolute atomic E-state index is 13.0. The lowest BCUT2D eigenvalue weighted by Gasteiger charge is -2.33. The van der Waals surface area contributed by atoms with E-state index in [2.05, 4.69) is 0 Å². The molecule has 1 N–H and O–H groups in total. The van der Waals surface area contributed by atoms with Crippen LogP contribution in [0.3, 0.4) is 0 Å². The van der Waals surface area contributed by atoms with Gasteiger partial charge in [0.15, 0.2) is 14.3 Å². The molecule has 10 heteroatoms. The van der Waals surface area contributed by atoms with Gasteiger partial charge in [-0.2, -0.15) is 26.3 Å². The second-order valence-corrected chi connectivity index (χ2v) is 10.1. The number of carbonyl (C=O) groups excluding carboxylic acids is 1. The summed E-state index contributed by atoms with van der Waals surface area (Å²) in [7, 11) is -0.441. The first-order chi connectivity index (χ1) is 16.3. The topological polar surface area (TPSA) is 46.5 Å². The Bertz CT molecular complexity index is 1360. The Hall–Kier alpha value is -3.11. The van der Waals surface area contributed by atoms with Gasteiger partial charge < -0.3 is 9.84 Å². The van der Waals surface area contributed by atoms with Crippen molar-refractivity contribution in [3.63, 3.8) is 0 Å². The Labute approximate surface area is 198 Å². The second kappa shape index (κ2) is 8.83. The van der Waals surface area contributed by atoms with Gasteiger partial charge in [-0.25, -0.2) is 4.79 Å². The van der Waals surface area contributed by atoms with Crippen LogP contribution in [0.25, 0.3) is 25.1 Å². The first-order valence-electron chi connectivity index (χ1n) is 10.4. The summed E-state index contributed by atoms with van der Waals surface area (Å²) in [5.41, 5.74) is -5.02. The second-order valence-electron chi connectivity index (χ2n) is 8.10. The standard InChI is InChI=1S/C25H19F6O3S/c1-15(14-23(33,24(26,27)28)25(29,30)31)34-22(32)16-11-12-21-19(13-16)18-9-5-6-10-20(18)35(21)17-7-3-2-4-8-17/h2-13,15,33H,14H2,1H3/q+1. The predicted octanol–water partition coefficient (Wildman–Crippen LogP) is 7.52. The summed E-state index contributed by atoms with van der Waals surface area (Å²) in [5, 5.41) is 11.0. The van der Waals surface area contributed by atoms with Gasteiger partial charge in [0.2, 0.25) is 0 Å². The molecule has 0 aliphatic rings. The van der Waals surface area contributed by atoms with Crippen LogP contribution in [0.2, 0.25) is 0 Å². The molecule has 4 rings (SSSR count). The predicted molar refractivity (Wildman–Crippen MR) is 122 cm³/mol. The minimum absolute atomic E-state index is 0.0218. The number of ether oxygens (including phenoxy) is 1. The highest BCUT2D eigenvalue weighted by Crippen LogP contribution is 2.49. The van der Waals surface area contributed by atoms with E-state index in [9.17, 15) is 36.2 Å². The molecule has 3 aromatic carbocycles. The zero-order valence-electron chi connectivity index (χ0n) is 18.2. The summed E-state index contributed by atoms with van der Waals surface area (Å²) in [6.45, 7) is 0.871. The van der Waals surface area contributed by atoms with Crippen molar-refractivity contribution in [3.05, 3.63) is 78.4 Å². The number of thiophene rings is 1. The third-order valence-electron chi connectivity index (χ3n) is 5.64. The third kappa shape index (κ3) is 4.48. The highest BCUT2D eigenvalue weighted by molar-refractivity contribution is 7.50. The fourth-order valence-electron chi connectivity index (χ4n) is 3.94. The normalized spacial score (nSPS) is 14.3. The van der Waals surface area contributed by atoms with E-state index < -0.39 is 46.9 Å². The molecule has 0 aliphatic carbocycles. The molecule has 0 saturated heterocycles. The van der Waals surface area contributed by atoms with E-state index >= 15 is 0 Å². The van der Waals surface area contributed by atoms with E-state index in [4.69, 9.17) is 4.74 Å². The Morgan fingerprint density at radius 2 is 1.43 bits per heavy atom. The number of halogens is 6. The zero-order chi connectivity index (χ0) is 25.6. The molecular weight excluding hydrogens is 494 g/mol. The van der Waals surface area contributed by atoms with Crippen LogP contribution in [-0.4, -0.2) is 35.1 Å². The Morgan fingerprint density at radius 1 is 0.857 bits per heavy atom. The summed E-state index contributed by atoms with van der Waals surface area (Å²) < 4.78 is 84.7. The van der Waals surface area contributed by atoms with Gasteiger partial charge in [-0.15, -0.1) is 0 Å². The summed E-state index contributed by atoms with van der Waals surface area (Å²) in [4.78, 5) is 13.7. The van der Waals surface area contributed by atoms with Gasteiger partial charge in [-0.05, 0) is 49.4 Å². The number of carbonyl (C=O) groups is 1. The lowest BCUT2D eigenvalue weighted by molar-refractivity contribution is -0.373. The van der Waals surface area contributed by atoms with Crippen molar-refractivity contribution in [2.24, 2.45) is 0 Å². The van der Waals surface area contributed by atoms with Crippen LogP contribution in [0.5, 0.6) is 0 Å². The third-order valence-corrected chi connectivity index (χ3v) is 7.98. The fraction of sp³-hybridized carbons (Fsp3) is 0.240. The van der Waals surface area contributed by atoms with Crippen LogP contribution in [0, 0.1) is 0 Å². The van der Waals surface area contributed by atoms with Gasteiger partial charge in [-0.1, -0.05) is 30.3 Å². The van der Waals surface area contributed by atoms with E-state index in [0.29, 0.717) is 0 Å². The van der Waals surface area contributed by atoms with Crippen LogP contribution < -0.4 is 0 Å². The summed E-state index contributed by atoms with van der Waals surface area (Å²) >= 11 is 0. The van der Waals surface area contributed by atoms with Gasteiger partial charge in [0.05, 0.1) is 5.56 Å². The molecule has 2 atom stereocenters. The van der Waals surface area contributed by atoms with E-state index in [1.54, 1.807) is 6.07 Å². The van der Waals surface area contributed by atoms with Crippen LogP contribution in [0.1, 0.15) is 23.7 Å². The SMILES string of the molecule is CC(CC(O)(C(F)(F)F)C(F)(F)F)OC(=O)c1ccc2c(c1)c1ccccc1[s+]2-c1ccccc1. The van der Waals surface area contributed by atoms with Crippen LogP contribution in [0.4, 0.5) is 26.3 Å². The van der Waals surface area contributed by atoms with Crippen molar-refractivity contribution < 1.29 is 41.0 Å². The van der Waals surface area contributed by atoms with Gasteiger partial charge in [-0.3, -0.25) is 0 Å². The molecule has 0 bridgehead atoms. The van der Waals surface area contributed by atoms with Gasteiger partial charge in [0, 0.05) is 27.7 Å².